The van der Waals surface area contributed by atoms with E-state index in [0.717, 1.165) is 5.56 Å². The highest BCUT2D eigenvalue weighted by Gasteiger charge is 2.40. The first-order valence-electron chi connectivity index (χ1n) is 12.9. The average molecular weight is 565 g/mol. The first-order valence-corrected chi connectivity index (χ1v) is 13.3. The van der Waals surface area contributed by atoms with Crippen LogP contribution in [0.15, 0.2) is 53.1 Å². The highest BCUT2D eigenvalue weighted by atomic mass is 35.5. The van der Waals surface area contributed by atoms with Gasteiger partial charge in [-0.2, -0.15) is 0 Å². The van der Waals surface area contributed by atoms with Crippen LogP contribution in [0.1, 0.15) is 61.1 Å². The number of carboxylic acids is 1. The van der Waals surface area contributed by atoms with Gasteiger partial charge < -0.3 is 19.3 Å². The summed E-state index contributed by atoms with van der Waals surface area (Å²) in [7, 11) is 0. The van der Waals surface area contributed by atoms with Crippen LogP contribution in [0.4, 0.5) is 10.2 Å². The molecule has 4 aromatic rings. The van der Waals surface area contributed by atoms with Gasteiger partial charge in [0.1, 0.15) is 22.7 Å². The van der Waals surface area contributed by atoms with Gasteiger partial charge in [-0.05, 0) is 49.6 Å². The summed E-state index contributed by atoms with van der Waals surface area (Å²) in [6, 6.07) is 11.1. The van der Waals surface area contributed by atoms with Crippen LogP contribution in [-0.2, 0) is 5.41 Å². The first kappa shape index (κ1) is 27.6. The lowest BCUT2D eigenvalue weighted by Crippen LogP contribution is -2.61. The van der Waals surface area contributed by atoms with Crippen LogP contribution in [0.2, 0.25) is 5.02 Å². The van der Waals surface area contributed by atoms with E-state index in [4.69, 9.17) is 21.0 Å². The zero-order valence-corrected chi connectivity index (χ0v) is 23.7. The van der Waals surface area contributed by atoms with Gasteiger partial charge in [0.05, 0.1) is 16.3 Å². The van der Waals surface area contributed by atoms with Gasteiger partial charge >= 0.3 is 5.97 Å². The molecule has 0 unspecified atom stereocenters. The number of carbonyl (C=O) groups is 2. The highest BCUT2D eigenvalue weighted by molar-refractivity contribution is 6.30. The maximum atomic E-state index is 14.2. The van der Waals surface area contributed by atoms with Crippen LogP contribution in [0.25, 0.3) is 22.4 Å². The van der Waals surface area contributed by atoms with Gasteiger partial charge in [0.2, 0.25) is 0 Å². The van der Waals surface area contributed by atoms with Crippen LogP contribution in [-0.4, -0.2) is 57.0 Å². The minimum absolute atomic E-state index is 0.0296. The molecule has 40 heavy (non-hydrogen) atoms. The first-order chi connectivity index (χ1) is 18.8. The smallest absolute Gasteiger partial charge is 0.339 e. The number of carbonyl (C=O) groups excluding carboxylic acids is 1. The Hall–Kier alpha value is -3.98. The van der Waals surface area contributed by atoms with Gasteiger partial charge in [-0.3, -0.25) is 4.79 Å². The molecule has 8 nitrogen and oxygen atoms in total. The van der Waals surface area contributed by atoms with Gasteiger partial charge in [0.15, 0.2) is 11.3 Å². The van der Waals surface area contributed by atoms with Crippen molar-refractivity contribution in [1.29, 1.82) is 0 Å². The van der Waals surface area contributed by atoms with E-state index in [9.17, 15) is 19.1 Å². The number of fused-ring (bicyclic) bond motifs is 1. The Balaban J connectivity index is 1.49. The maximum Gasteiger partial charge on any atom is 0.339 e. The van der Waals surface area contributed by atoms with E-state index in [0.29, 0.717) is 47.8 Å². The fraction of sp³-hybridized carbons (Fsp3) is 0.333. The molecule has 0 atom stereocenters. The number of benzene rings is 1. The van der Waals surface area contributed by atoms with Crippen molar-refractivity contribution >= 4 is 40.4 Å². The Morgan fingerprint density at radius 3 is 2.52 bits per heavy atom. The molecule has 1 amide bonds. The molecule has 1 aromatic carbocycles. The number of hydrogen-bond donors (Lipinski definition) is 1. The molecule has 10 heteroatoms. The minimum Gasteiger partial charge on any atom is -0.478 e. The number of furan rings is 1. The molecule has 3 aromatic heterocycles. The standard InChI is InChI=1S/C30H30ClFN4O4/c1-29(2,3)19-14-22(17-8-9-20(31)21(32)13-17)34-23-15-24(40-25(19)23)27(37)36-12-11-35(16-30(36,4)5)26-18(28(38)39)7-6-10-33-26/h6-10,13-15H,11-12,16H2,1-5H3,(H,38,39). The van der Waals surface area contributed by atoms with Crippen molar-refractivity contribution in [1.82, 2.24) is 14.9 Å². The van der Waals surface area contributed by atoms with E-state index in [-0.39, 0.29) is 27.7 Å². The number of aromatic nitrogens is 2. The molecule has 1 saturated heterocycles. The molecule has 0 radical (unpaired) electrons. The second kappa shape index (κ2) is 9.89. The number of pyridine rings is 2. The molecule has 0 bridgehead atoms. The van der Waals surface area contributed by atoms with Gasteiger partial charge in [0, 0.05) is 43.0 Å². The van der Waals surface area contributed by atoms with Crippen molar-refractivity contribution in [2.24, 2.45) is 0 Å². The zero-order chi connectivity index (χ0) is 29.0. The average Bonchev–Trinajstić information content (AvgIpc) is 3.32. The summed E-state index contributed by atoms with van der Waals surface area (Å²) in [5, 5.41) is 9.64. The Labute approximate surface area is 236 Å². The second-order valence-corrected chi connectivity index (χ2v) is 12.0. The van der Waals surface area contributed by atoms with Gasteiger partial charge in [-0.15, -0.1) is 0 Å². The summed E-state index contributed by atoms with van der Waals surface area (Å²) in [5.41, 5.74) is 2.06. The molecule has 0 spiro atoms. The monoisotopic (exact) mass is 564 g/mol. The van der Waals surface area contributed by atoms with Crippen molar-refractivity contribution < 1.29 is 23.5 Å². The largest absolute Gasteiger partial charge is 0.478 e. The number of anilines is 1. The topological polar surface area (TPSA) is 99.8 Å². The third kappa shape index (κ3) is 5.01. The van der Waals surface area contributed by atoms with E-state index in [2.05, 4.69) is 4.98 Å². The predicted molar refractivity (Wildman–Crippen MR) is 152 cm³/mol. The lowest BCUT2D eigenvalue weighted by molar-refractivity contribution is 0.0481. The van der Waals surface area contributed by atoms with E-state index in [1.54, 1.807) is 29.3 Å². The summed E-state index contributed by atoms with van der Waals surface area (Å²) in [6.45, 7) is 11.1. The quantitative estimate of drug-likeness (QED) is 0.305. The predicted octanol–water partition coefficient (Wildman–Crippen LogP) is 6.42. The molecule has 0 saturated carbocycles. The molecule has 1 fully saturated rings. The molecule has 4 heterocycles. The number of piperazine rings is 1. The zero-order valence-electron chi connectivity index (χ0n) is 23.0. The Morgan fingerprint density at radius 1 is 1.12 bits per heavy atom. The number of rotatable bonds is 4. The lowest BCUT2D eigenvalue weighted by Gasteiger charge is -2.47. The van der Waals surface area contributed by atoms with E-state index in [1.807, 2.05) is 45.6 Å². The molecular weight excluding hydrogens is 535 g/mol. The van der Waals surface area contributed by atoms with Crippen molar-refractivity contribution in [3.05, 3.63) is 76.4 Å². The normalized spacial score (nSPS) is 15.5. The number of carboxylic acid groups (broad SMARTS) is 1. The van der Waals surface area contributed by atoms with E-state index < -0.39 is 17.3 Å². The van der Waals surface area contributed by atoms with Crippen molar-refractivity contribution in [2.75, 3.05) is 24.5 Å². The summed E-state index contributed by atoms with van der Waals surface area (Å²) < 4.78 is 20.4. The van der Waals surface area contributed by atoms with Crippen molar-refractivity contribution in [2.45, 2.75) is 45.6 Å². The van der Waals surface area contributed by atoms with Crippen LogP contribution < -0.4 is 4.90 Å². The van der Waals surface area contributed by atoms with Gasteiger partial charge in [0.25, 0.3) is 5.91 Å². The Bertz CT molecular complexity index is 1640. The molecule has 1 aliphatic rings. The molecule has 0 aliphatic carbocycles. The summed E-state index contributed by atoms with van der Waals surface area (Å²) >= 11 is 5.88. The van der Waals surface area contributed by atoms with Crippen molar-refractivity contribution in [3.63, 3.8) is 0 Å². The number of aromatic carboxylic acids is 1. The van der Waals surface area contributed by atoms with Crippen molar-refractivity contribution in [3.8, 4) is 11.3 Å². The van der Waals surface area contributed by atoms with E-state index in [1.165, 1.54) is 18.2 Å². The van der Waals surface area contributed by atoms with Crippen LogP contribution >= 0.6 is 11.6 Å². The Morgan fingerprint density at radius 2 is 1.88 bits per heavy atom. The van der Waals surface area contributed by atoms with Crippen LogP contribution in [0.3, 0.4) is 0 Å². The highest BCUT2D eigenvalue weighted by Crippen LogP contribution is 2.36. The fourth-order valence-electron chi connectivity index (χ4n) is 5.15. The van der Waals surface area contributed by atoms with Crippen LogP contribution in [0, 0.1) is 5.82 Å². The summed E-state index contributed by atoms with van der Waals surface area (Å²) in [4.78, 5) is 38.2. The van der Waals surface area contributed by atoms with Crippen LogP contribution in [0.5, 0.6) is 0 Å². The minimum atomic E-state index is -1.05. The molecular formula is C30H30ClFN4O4. The summed E-state index contributed by atoms with van der Waals surface area (Å²) in [5.74, 6) is -1.35. The third-order valence-corrected chi connectivity index (χ3v) is 7.48. The van der Waals surface area contributed by atoms with E-state index >= 15 is 0 Å². The van der Waals surface area contributed by atoms with Gasteiger partial charge in [-0.25, -0.2) is 19.2 Å². The SMILES string of the molecule is CC(C)(C)c1cc(-c2ccc(Cl)c(F)c2)nc2cc(C(=O)N3CCN(c4ncccc4C(=O)O)CC3(C)C)oc12. The Kier molecular flexibility index (Phi) is 6.82. The number of nitrogens with zero attached hydrogens (tertiary/aromatic N) is 4. The number of amides is 1. The number of hydrogen-bond acceptors (Lipinski definition) is 6. The maximum absolute atomic E-state index is 14.2. The molecule has 5 rings (SSSR count). The molecule has 208 valence electrons. The fourth-order valence-corrected chi connectivity index (χ4v) is 5.27. The summed E-state index contributed by atoms with van der Waals surface area (Å²) in [6.07, 6.45) is 1.56. The second-order valence-electron chi connectivity index (χ2n) is 11.6. The molecule has 1 aliphatic heterocycles. The third-order valence-electron chi connectivity index (χ3n) is 7.18. The van der Waals surface area contributed by atoms with Gasteiger partial charge in [-0.1, -0.05) is 38.4 Å². The molecule has 1 N–H and O–H groups in total. The lowest BCUT2D eigenvalue weighted by atomic mass is 9.86. The number of halogens is 2.